The minimum absolute atomic E-state index is 0.0243. The number of halogens is 1. The van der Waals surface area contributed by atoms with Gasteiger partial charge in [-0.05, 0) is 37.6 Å². The van der Waals surface area contributed by atoms with Crippen molar-refractivity contribution in [3.05, 3.63) is 86.3 Å². The molecule has 228 valence electrons. The van der Waals surface area contributed by atoms with E-state index >= 15 is 0 Å². The van der Waals surface area contributed by atoms with Crippen LogP contribution in [0.15, 0.2) is 47.5 Å². The van der Waals surface area contributed by atoms with Gasteiger partial charge in [0.2, 0.25) is 16.0 Å². The molecule has 0 fully saturated rings. The van der Waals surface area contributed by atoms with Crippen LogP contribution >= 0.6 is 11.6 Å². The molecule has 6 rings (SSSR count). The standard InChI is InChI=1S/C28H29ClN10O4S/c1-15-10-18(16(2)31-20-6-7-22(29)32-25(20)26(40)35-44(5,42)43)24-19(11-15)27(41)36(3)28(33-24)38-12-17-13-39(34-21(17)14-38)23-8-9-30-37(23)4/h6-11,13,16,31H,12,14H2,1-5H3,(H,35,40)/t16-/m1/s1. The maximum absolute atomic E-state index is 13.7. The lowest BCUT2D eigenvalue weighted by molar-refractivity contribution is 0.0977. The molecule has 0 spiro atoms. The summed E-state index contributed by atoms with van der Waals surface area (Å²) in [5.41, 5.74) is 3.84. The van der Waals surface area contributed by atoms with Crippen molar-refractivity contribution in [3.63, 3.8) is 0 Å². The number of aryl methyl sites for hydroxylation is 2. The topological polar surface area (TPSA) is 162 Å². The van der Waals surface area contributed by atoms with Crippen LogP contribution in [0, 0.1) is 6.92 Å². The molecule has 1 aliphatic heterocycles. The van der Waals surface area contributed by atoms with E-state index in [1.165, 1.54) is 6.07 Å². The molecule has 0 radical (unpaired) electrons. The molecule has 0 unspecified atom stereocenters. The minimum Gasteiger partial charge on any atom is -0.377 e. The monoisotopic (exact) mass is 636 g/mol. The molecule has 4 aromatic heterocycles. The van der Waals surface area contributed by atoms with Crippen LogP contribution in [0.2, 0.25) is 5.15 Å². The van der Waals surface area contributed by atoms with Crippen LogP contribution in [0.4, 0.5) is 11.6 Å². The molecular formula is C28H29ClN10O4S. The molecule has 0 aliphatic carbocycles. The Morgan fingerprint density at radius 2 is 1.89 bits per heavy atom. The van der Waals surface area contributed by atoms with Gasteiger partial charge in [-0.2, -0.15) is 10.2 Å². The lowest BCUT2D eigenvalue weighted by Gasteiger charge is -2.23. The van der Waals surface area contributed by atoms with Gasteiger partial charge in [-0.3, -0.25) is 18.8 Å². The van der Waals surface area contributed by atoms with Crippen molar-refractivity contribution in [2.75, 3.05) is 16.5 Å². The predicted molar refractivity (Wildman–Crippen MR) is 166 cm³/mol. The van der Waals surface area contributed by atoms with Crippen molar-refractivity contribution in [2.24, 2.45) is 14.1 Å². The molecule has 1 aromatic carbocycles. The zero-order valence-electron chi connectivity index (χ0n) is 24.5. The Balaban J connectivity index is 1.36. The van der Waals surface area contributed by atoms with Gasteiger partial charge in [0.1, 0.15) is 5.15 Å². The number of aromatic nitrogens is 7. The summed E-state index contributed by atoms with van der Waals surface area (Å²) >= 11 is 6.03. The van der Waals surface area contributed by atoms with E-state index in [0.29, 0.717) is 35.5 Å². The van der Waals surface area contributed by atoms with E-state index in [1.807, 2.05) is 48.8 Å². The van der Waals surface area contributed by atoms with Crippen molar-refractivity contribution >= 4 is 50.1 Å². The van der Waals surface area contributed by atoms with E-state index in [0.717, 1.165) is 28.9 Å². The van der Waals surface area contributed by atoms with Gasteiger partial charge in [0.25, 0.3) is 11.5 Å². The summed E-state index contributed by atoms with van der Waals surface area (Å²) in [6.45, 7) is 4.73. The molecule has 44 heavy (non-hydrogen) atoms. The van der Waals surface area contributed by atoms with Crippen LogP contribution in [0.25, 0.3) is 16.7 Å². The van der Waals surface area contributed by atoms with Gasteiger partial charge >= 0.3 is 0 Å². The summed E-state index contributed by atoms with van der Waals surface area (Å²) in [6.07, 6.45) is 4.55. The summed E-state index contributed by atoms with van der Waals surface area (Å²) in [5, 5.41) is 12.7. The number of hydrogen-bond donors (Lipinski definition) is 2. The first-order valence-corrected chi connectivity index (χ1v) is 15.8. The first-order valence-electron chi connectivity index (χ1n) is 13.6. The molecule has 1 amide bonds. The van der Waals surface area contributed by atoms with Gasteiger partial charge in [0, 0.05) is 44.0 Å². The van der Waals surface area contributed by atoms with Gasteiger partial charge in [0.05, 0.1) is 47.3 Å². The van der Waals surface area contributed by atoms with E-state index in [2.05, 4.69) is 15.4 Å². The average molecular weight is 637 g/mol. The number of anilines is 2. The molecule has 5 aromatic rings. The van der Waals surface area contributed by atoms with Gasteiger partial charge in [-0.1, -0.05) is 17.7 Å². The van der Waals surface area contributed by atoms with Crippen molar-refractivity contribution in [1.82, 2.24) is 38.8 Å². The fraction of sp³-hybridized carbons (Fsp3) is 0.286. The lowest BCUT2D eigenvalue weighted by Crippen LogP contribution is -2.31. The van der Waals surface area contributed by atoms with Gasteiger partial charge in [-0.15, -0.1) is 0 Å². The second-order valence-electron chi connectivity index (χ2n) is 10.8. The van der Waals surface area contributed by atoms with Crippen LogP contribution in [-0.4, -0.2) is 54.7 Å². The fourth-order valence-electron chi connectivity index (χ4n) is 5.41. The van der Waals surface area contributed by atoms with Crippen molar-refractivity contribution in [2.45, 2.75) is 33.0 Å². The highest BCUT2D eigenvalue weighted by Crippen LogP contribution is 2.31. The minimum atomic E-state index is -3.84. The number of nitrogens with zero attached hydrogens (tertiary/aromatic N) is 8. The Labute approximate surface area is 257 Å². The molecule has 14 nitrogen and oxygen atoms in total. The summed E-state index contributed by atoms with van der Waals surface area (Å²) in [7, 11) is -0.287. The Morgan fingerprint density at radius 3 is 2.57 bits per heavy atom. The maximum Gasteiger partial charge on any atom is 0.285 e. The molecule has 1 atom stereocenters. The number of sulfonamides is 1. The SMILES string of the molecule is Cc1cc([C@@H](C)Nc2ccc(Cl)nc2C(=O)NS(C)(=O)=O)c2nc(N3Cc4cn(-c5ccnn5C)nc4C3)n(C)c(=O)c2c1. The first kappa shape index (κ1) is 29.3. The van der Waals surface area contributed by atoms with Crippen LogP contribution in [0.5, 0.6) is 0 Å². The number of carbonyl (C=O) groups excluding carboxylic acids is 1. The summed E-state index contributed by atoms with van der Waals surface area (Å²) < 4.78 is 30.4. The Hall–Kier alpha value is -4.76. The van der Waals surface area contributed by atoms with Crippen molar-refractivity contribution in [1.29, 1.82) is 0 Å². The number of hydrogen-bond acceptors (Lipinski definition) is 10. The smallest absolute Gasteiger partial charge is 0.285 e. The predicted octanol–water partition coefficient (Wildman–Crippen LogP) is 2.59. The van der Waals surface area contributed by atoms with Gasteiger partial charge in [0.15, 0.2) is 11.5 Å². The molecule has 16 heteroatoms. The molecule has 0 saturated heterocycles. The number of nitrogens with one attached hydrogen (secondary N) is 2. The van der Waals surface area contributed by atoms with Gasteiger partial charge < -0.3 is 10.2 Å². The maximum atomic E-state index is 13.7. The number of amides is 1. The van der Waals surface area contributed by atoms with E-state index in [-0.39, 0.29) is 22.1 Å². The Bertz CT molecular complexity index is 2110. The van der Waals surface area contributed by atoms with Gasteiger partial charge in [-0.25, -0.2) is 27.8 Å². The second-order valence-corrected chi connectivity index (χ2v) is 13.0. The van der Waals surface area contributed by atoms with E-state index in [4.69, 9.17) is 21.7 Å². The second kappa shape index (κ2) is 10.7. The zero-order valence-corrected chi connectivity index (χ0v) is 26.1. The lowest BCUT2D eigenvalue weighted by atomic mass is 10.0. The van der Waals surface area contributed by atoms with Crippen LogP contribution in [0.3, 0.4) is 0 Å². The van der Waals surface area contributed by atoms with Crippen LogP contribution in [-0.2, 0) is 37.2 Å². The number of pyridine rings is 1. The highest BCUT2D eigenvalue weighted by atomic mass is 35.5. The van der Waals surface area contributed by atoms with Crippen LogP contribution < -0.4 is 20.5 Å². The molecule has 1 aliphatic rings. The molecule has 0 saturated carbocycles. The third-order valence-electron chi connectivity index (χ3n) is 7.42. The third kappa shape index (κ3) is 5.39. The number of benzene rings is 1. The quantitative estimate of drug-likeness (QED) is 0.254. The average Bonchev–Trinajstić information content (AvgIpc) is 3.65. The molecular weight excluding hydrogens is 608 g/mol. The zero-order chi connectivity index (χ0) is 31.5. The van der Waals surface area contributed by atoms with Crippen LogP contribution in [0.1, 0.15) is 45.8 Å². The summed E-state index contributed by atoms with van der Waals surface area (Å²) in [6, 6.07) is 8.17. The molecule has 0 bridgehead atoms. The largest absolute Gasteiger partial charge is 0.377 e. The molecule has 2 N–H and O–H groups in total. The Kier molecular flexibility index (Phi) is 7.16. The summed E-state index contributed by atoms with van der Waals surface area (Å²) in [4.78, 5) is 37.5. The Morgan fingerprint density at radius 1 is 1.11 bits per heavy atom. The number of fused-ring (bicyclic) bond motifs is 2. The highest BCUT2D eigenvalue weighted by molar-refractivity contribution is 7.89. The normalized spacial score (nSPS) is 13.7. The highest BCUT2D eigenvalue weighted by Gasteiger charge is 2.28. The van der Waals surface area contributed by atoms with E-state index < -0.39 is 22.0 Å². The van der Waals surface area contributed by atoms with E-state index in [1.54, 1.807) is 39.3 Å². The number of carbonyl (C=O) groups is 1. The van der Waals surface area contributed by atoms with E-state index in [9.17, 15) is 18.0 Å². The third-order valence-corrected chi connectivity index (χ3v) is 8.18. The van der Waals surface area contributed by atoms with Crippen molar-refractivity contribution in [3.8, 4) is 5.82 Å². The summed E-state index contributed by atoms with van der Waals surface area (Å²) in [5.74, 6) is 0.412. The number of rotatable bonds is 7. The fourth-order valence-corrected chi connectivity index (χ4v) is 5.99. The first-order chi connectivity index (χ1) is 20.8. The molecule has 5 heterocycles. The van der Waals surface area contributed by atoms with Crippen molar-refractivity contribution < 1.29 is 13.2 Å².